The summed E-state index contributed by atoms with van der Waals surface area (Å²) in [6.07, 6.45) is 3.25. The summed E-state index contributed by atoms with van der Waals surface area (Å²) >= 11 is 0. The zero-order chi connectivity index (χ0) is 19.1. The lowest BCUT2D eigenvalue weighted by molar-refractivity contribution is -0.123. The van der Waals surface area contributed by atoms with E-state index in [2.05, 4.69) is 25.5 Å². The second kappa shape index (κ2) is 7.03. The third kappa shape index (κ3) is 3.36. The van der Waals surface area contributed by atoms with Crippen LogP contribution in [0.25, 0.3) is 11.3 Å². The number of phenolic OH excluding ortho intramolecular Hbond substituents is 1. The molecule has 27 heavy (non-hydrogen) atoms. The normalized spacial score (nSPS) is 28.1. The zero-order valence-electron chi connectivity index (χ0n) is 15.9. The Morgan fingerprint density at radius 1 is 1.22 bits per heavy atom. The molecule has 144 valence electrons. The lowest BCUT2D eigenvalue weighted by Crippen LogP contribution is -2.66. The third-order valence-electron chi connectivity index (χ3n) is 5.57. The van der Waals surface area contributed by atoms with Gasteiger partial charge in [-0.25, -0.2) is 9.99 Å². The Morgan fingerprint density at radius 2 is 2.04 bits per heavy atom. The highest BCUT2D eigenvalue weighted by molar-refractivity contribution is 5.70. The molecule has 8 heteroatoms. The SMILES string of the molecule is Cc1cc(C)c(-c2cnc(NN3[C@@H]4CCCN(C4)[C@H](O)[C@H]3C)nn2)c(O)c1. The van der Waals surface area contributed by atoms with Gasteiger partial charge >= 0.3 is 0 Å². The number of phenols is 1. The van der Waals surface area contributed by atoms with Crippen molar-refractivity contribution in [3.05, 3.63) is 29.5 Å². The number of aryl methyl sites for hydroxylation is 2. The molecule has 2 aromatic rings. The molecule has 0 saturated carbocycles. The number of anilines is 1. The average molecular weight is 370 g/mol. The summed E-state index contributed by atoms with van der Waals surface area (Å²) in [6.45, 7) is 7.65. The van der Waals surface area contributed by atoms with Gasteiger partial charge < -0.3 is 10.2 Å². The number of benzene rings is 1. The molecule has 4 rings (SSSR count). The van der Waals surface area contributed by atoms with Crippen LogP contribution in [-0.2, 0) is 0 Å². The van der Waals surface area contributed by atoms with Crippen molar-refractivity contribution in [2.24, 2.45) is 0 Å². The highest BCUT2D eigenvalue weighted by Gasteiger charge is 2.41. The molecule has 3 heterocycles. The van der Waals surface area contributed by atoms with Gasteiger partial charge in [-0.1, -0.05) is 6.07 Å². The van der Waals surface area contributed by atoms with E-state index in [9.17, 15) is 10.2 Å². The molecule has 1 aromatic heterocycles. The zero-order valence-corrected chi connectivity index (χ0v) is 15.9. The molecule has 2 saturated heterocycles. The van der Waals surface area contributed by atoms with Crippen molar-refractivity contribution in [1.82, 2.24) is 25.1 Å². The topological polar surface area (TPSA) is 97.6 Å². The minimum absolute atomic E-state index is 0.0734. The van der Waals surface area contributed by atoms with E-state index in [0.29, 0.717) is 23.2 Å². The molecule has 2 aliphatic heterocycles. The van der Waals surface area contributed by atoms with Crippen LogP contribution < -0.4 is 5.43 Å². The van der Waals surface area contributed by atoms with Gasteiger partial charge in [0.2, 0.25) is 0 Å². The Balaban J connectivity index is 1.55. The number of hydrogen-bond donors (Lipinski definition) is 3. The van der Waals surface area contributed by atoms with Gasteiger partial charge in [0, 0.05) is 24.7 Å². The Hall–Kier alpha value is -2.29. The predicted octanol–water partition coefficient (Wildman–Crippen LogP) is 1.67. The van der Waals surface area contributed by atoms with E-state index in [1.54, 1.807) is 12.3 Å². The van der Waals surface area contributed by atoms with Crippen molar-refractivity contribution in [1.29, 1.82) is 0 Å². The first-order chi connectivity index (χ1) is 12.9. The minimum Gasteiger partial charge on any atom is -0.507 e. The maximum Gasteiger partial charge on any atom is 0.257 e. The van der Waals surface area contributed by atoms with Crippen molar-refractivity contribution < 1.29 is 10.2 Å². The smallest absolute Gasteiger partial charge is 0.257 e. The van der Waals surface area contributed by atoms with E-state index in [0.717, 1.165) is 37.1 Å². The second-order valence-corrected chi connectivity index (χ2v) is 7.61. The number of fused-ring (bicyclic) bond motifs is 2. The van der Waals surface area contributed by atoms with Crippen LogP contribution in [0, 0.1) is 13.8 Å². The molecule has 8 nitrogen and oxygen atoms in total. The van der Waals surface area contributed by atoms with E-state index >= 15 is 0 Å². The Labute approximate surface area is 158 Å². The number of piperidine rings is 1. The van der Waals surface area contributed by atoms with Crippen LogP contribution in [0.2, 0.25) is 0 Å². The van der Waals surface area contributed by atoms with Gasteiger partial charge in [-0.3, -0.25) is 10.3 Å². The van der Waals surface area contributed by atoms with Crippen molar-refractivity contribution in [2.45, 2.75) is 51.9 Å². The molecule has 0 amide bonds. The maximum atomic E-state index is 10.5. The number of hydrogen-bond acceptors (Lipinski definition) is 8. The molecule has 2 aliphatic rings. The highest BCUT2D eigenvalue weighted by atomic mass is 16.3. The number of hydrazine groups is 1. The van der Waals surface area contributed by atoms with Crippen LogP contribution in [0.15, 0.2) is 18.3 Å². The molecular weight excluding hydrogens is 344 g/mol. The fourth-order valence-corrected chi connectivity index (χ4v) is 4.26. The molecule has 2 fully saturated rings. The van der Waals surface area contributed by atoms with Crippen molar-refractivity contribution in [2.75, 3.05) is 18.5 Å². The molecular formula is C19H26N6O2. The highest BCUT2D eigenvalue weighted by Crippen LogP contribution is 2.32. The molecule has 2 bridgehead atoms. The van der Waals surface area contributed by atoms with Gasteiger partial charge in [-0.15, -0.1) is 10.2 Å². The number of aliphatic hydroxyl groups is 1. The van der Waals surface area contributed by atoms with Gasteiger partial charge in [0.15, 0.2) is 0 Å². The first-order valence-corrected chi connectivity index (χ1v) is 9.41. The molecule has 4 atom stereocenters. The Bertz CT molecular complexity index is 802. The fraction of sp³-hybridized carbons (Fsp3) is 0.526. The minimum atomic E-state index is -0.506. The van der Waals surface area contributed by atoms with E-state index in [-0.39, 0.29) is 11.8 Å². The summed E-state index contributed by atoms with van der Waals surface area (Å²) in [4.78, 5) is 6.51. The first kappa shape index (κ1) is 18.1. The summed E-state index contributed by atoms with van der Waals surface area (Å²) in [6, 6.07) is 3.94. The van der Waals surface area contributed by atoms with Gasteiger partial charge in [-0.05, 0) is 50.8 Å². The quantitative estimate of drug-likeness (QED) is 0.751. The van der Waals surface area contributed by atoms with Gasteiger partial charge in [0.25, 0.3) is 5.95 Å². The molecule has 0 spiro atoms. The van der Waals surface area contributed by atoms with Crippen LogP contribution in [0.5, 0.6) is 5.75 Å². The standard InChI is InChI=1S/C19H26N6O2/c1-11-7-12(2)17(16(26)8-11)15-9-20-19(22-21-15)23-25-13(3)18(27)24-6-4-5-14(25)10-24/h7-9,13-14,18,26-27H,4-6,10H2,1-3H3,(H,20,22,23)/t13-,14-,18-/m1/s1. The monoisotopic (exact) mass is 370 g/mol. The Morgan fingerprint density at radius 3 is 2.74 bits per heavy atom. The van der Waals surface area contributed by atoms with Gasteiger partial charge in [-0.2, -0.15) is 0 Å². The van der Waals surface area contributed by atoms with Crippen molar-refractivity contribution >= 4 is 5.95 Å². The van der Waals surface area contributed by atoms with Gasteiger partial charge in [0.05, 0.1) is 12.2 Å². The van der Waals surface area contributed by atoms with Crippen LogP contribution in [0.4, 0.5) is 5.95 Å². The largest absolute Gasteiger partial charge is 0.507 e. The van der Waals surface area contributed by atoms with Crippen molar-refractivity contribution in [3.63, 3.8) is 0 Å². The average Bonchev–Trinajstić information content (AvgIpc) is 2.64. The lowest BCUT2D eigenvalue weighted by atomic mass is 9.98. The third-order valence-corrected chi connectivity index (χ3v) is 5.57. The van der Waals surface area contributed by atoms with E-state index in [4.69, 9.17) is 0 Å². The maximum absolute atomic E-state index is 10.5. The number of aromatic hydroxyl groups is 1. The molecule has 0 aliphatic carbocycles. The van der Waals surface area contributed by atoms with Crippen LogP contribution in [-0.4, -0.2) is 66.7 Å². The molecule has 1 aromatic carbocycles. The fourth-order valence-electron chi connectivity index (χ4n) is 4.26. The van der Waals surface area contributed by atoms with Crippen molar-refractivity contribution in [3.8, 4) is 17.0 Å². The Kier molecular flexibility index (Phi) is 4.71. The molecule has 1 unspecified atom stereocenters. The molecule has 0 radical (unpaired) electrons. The first-order valence-electron chi connectivity index (χ1n) is 9.41. The van der Waals surface area contributed by atoms with Crippen LogP contribution >= 0.6 is 0 Å². The van der Waals surface area contributed by atoms with Crippen LogP contribution in [0.3, 0.4) is 0 Å². The second-order valence-electron chi connectivity index (χ2n) is 7.61. The van der Waals surface area contributed by atoms with E-state index < -0.39 is 6.23 Å². The van der Waals surface area contributed by atoms with E-state index in [1.165, 1.54) is 0 Å². The molecule has 3 N–H and O–H groups in total. The number of piperazine rings is 1. The number of nitrogens with one attached hydrogen (secondary N) is 1. The summed E-state index contributed by atoms with van der Waals surface area (Å²) in [5.74, 6) is 0.570. The number of nitrogens with zero attached hydrogens (tertiary/aromatic N) is 5. The summed E-state index contributed by atoms with van der Waals surface area (Å²) < 4.78 is 0. The lowest BCUT2D eigenvalue weighted by Gasteiger charge is -2.51. The number of aliphatic hydroxyl groups excluding tert-OH is 1. The summed E-state index contributed by atoms with van der Waals surface area (Å²) in [5.41, 5.74) is 6.34. The number of aromatic nitrogens is 3. The van der Waals surface area contributed by atoms with E-state index in [1.807, 2.05) is 31.8 Å². The van der Waals surface area contributed by atoms with Gasteiger partial charge in [0.1, 0.15) is 17.7 Å². The number of rotatable bonds is 3. The predicted molar refractivity (Wildman–Crippen MR) is 102 cm³/mol. The van der Waals surface area contributed by atoms with Crippen LogP contribution in [0.1, 0.15) is 30.9 Å². The summed E-state index contributed by atoms with van der Waals surface area (Å²) in [5, 5.41) is 31.2. The summed E-state index contributed by atoms with van der Waals surface area (Å²) in [7, 11) is 0.